The molecule has 2 saturated carbocycles. The molecule has 4 fully saturated rings. The fourth-order valence-corrected chi connectivity index (χ4v) is 5.90. The third-order valence-corrected chi connectivity index (χ3v) is 7.88. The summed E-state index contributed by atoms with van der Waals surface area (Å²) in [6.45, 7) is 6.26. The molecular weight excluding hydrogens is 448 g/mol. The molecule has 2 heterocycles. The molecule has 0 radical (unpaired) electrons. The van der Waals surface area contributed by atoms with Crippen LogP contribution in [0.5, 0.6) is 0 Å². The number of ether oxygens (including phenoxy) is 1. The van der Waals surface area contributed by atoms with E-state index in [9.17, 15) is 24.4 Å². The molecule has 192 valence electrons. The Bertz CT molecular complexity index is 918. The SMILES string of the molecule is CC(C)(C)OC(=O)N1CCCC12CCN(C(CC1CC1)C(=O)N[C@H](C#N)C[C@@H]1CCCC1=O)C2=O. The molecule has 1 spiro atoms. The number of hydrogen-bond donors (Lipinski definition) is 1. The zero-order valence-electron chi connectivity index (χ0n) is 21.2. The van der Waals surface area contributed by atoms with Crippen LogP contribution in [0.2, 0.25) is 0 Å². The summed E-state index contributed by atoms with van der Waals surface area (Å²) in [5, 5.41) is 12.5. The Morgan fingerprint density at radius 3 is 2.49 bits per heavy atom. The van der Waals surface area contributed by atoms with Crippen molar-refractivity contribution in [3.05, 3.63) is 0 Å². The third kappa shape index (κ3) is 5.46. The fraction of sp³-hybridized carbons (Fsp3) is 0.808. The van der Waals surface area contributed by atoms with E-state index in [1.54, 1.807) is 30.6 Å². The summed E-state index contributed by atoms with van der Waals surface area (Å²) in [7, 11) is 0. The molecule has 0 aromatic rings. The Kier molecular flexibility index (Phi) is 7.12. The van der Waals surface area contributed by atoms with Crippen LogP contribution in [0, 0.1) is 23.2 Å². The van der Waals surface area contributed by atoms with Crippen molar-refractivity contribution in [1.82, 2.24) is 15.1 Å². The maximum absolute atomic E-state index is 13.8. The Morgan fingerprint density at radius 2 is 1.89 bits per heavy atom. The first-order chi connectivity index (χ1) is 16.5. The van der Waals surface area contributed by atoms with E-state index in [-0.39, 0.29) is 23.5 Å². The van der Waals surface area contributed by atoms with E-state index < -0.39 is 29.3 Å². The Hall–Kier alpha value is -2.63. The maximum atomic E-state index is 13.8. The summed E-state index contributed by atoms with van der Waals surface area (Å²) < 4.78 is 5.59. The second-order valence-corrected chi connectivity index (χ2v) is 11.7. The van der Waals surface area contributed by atoms with E-state index in [0.29, 0.717) is 57.5 Å². The lowest BCUT2D eigenvalue weighted by molar-refractivity contribution is -0.143. The van der Waals surface area contributed by atoms with Crippen molar-refractivity contribution in [3.63, 3.8) is 0 Å². The molecule has 9 nitrogen and oxygen atoms in total. The predicted octanol–water partition coefficient (Wildman–Crippen LogP) is 2.92. The molecule has 2 aliphatic carbocycles. The van der Waals surface area contributed by atoms with E-state index in [4.69, 9.17) is 4.74 Å². The van der Waals surface area contributed by atoms with Gasteiger partial charge >= 0.3 is 6.09 Å². The van der Waals surface area contributed by atoms with Crippen LogP contribution in [0.4, 0.5) is 4.79 Å². The number of ketones is 1. The lowest BCUT2D eigenvalue weighted by Gasteiger charge is -2.36. The average molecular weight is 487 g/mol. The summed E-state index contributed by atoms with van der Waals surface area (Å²) in [6.07, 6.45) is 6.32. The molecule has 3 amide bonds. The number of carbonyl (C=O) groups excluding carboxylic acids is 4. The molecule has 2 unspecified atom stereocenters. The molecule has 0 aromatic carbocycles. The van der Waals surface area contributed by atoms with Crippen LogP contribution in [0.25, 0.3) is 0 Å². The van der Waals surface area contributed by atoms with Crippen molar-refractivity contribution in [2.45, 2.75) is 108 Å². The number of likely N-dealkylation sites (tertiary alicyclic amines) is 2. The van der Waals surface area contributed by atoms with Gasteiger partial charge in [-0.3, -0.25) is 19.3 Å². The quantitative estimate of drug-likeness (QED) is 0.591. The van der Waals surface area contributed by atoms with Gasteiger partial charge in [-0.2, -0.15) is 5.26 Å². The highest BCUT2D eigenvalue weighted by Gasteiger charge is 2.58. The first-order valence-corrected chi connectivity index (χ1v) is 13.1. The first kappa shape index (κ1) is 25.5. The monoisotopic (exact) mass is 486 g/mol. The number of nitriles is 1. The number of hydrogen-bond acceptors (Lipinski definition) is 6. The maximum Gasteiger partial charge on any atom is 0.411 e. The Morgan fingerprint density at radius 1 is 1.14 bits per heavy atom. The molecule has 4 atom stereocenters. The second-order valence-electron chi connectivity index (χ2n) is 11.7. The number of rotatable bonds is 7. The molecule has 1 N–H and O–H groups in total. The van der Waals surface area contributed by atoms with Gasteiger partial charge in [-0.05, 0) is 71.6 Å². The van der Waals surface area contributed by atoms with Crippen LogP contribution < -0.4 is 5.32 Å². The van der Waals surface area contributed by atoms with Gasteiger partial charge in [-0.15, -0.1) is 0 Å². The van der Waals surface area contributed by atoms with Gasteiger partial charge in [0.05, 0.1) is 6.07 Å². The van der Waals surface area contributed by atoms with Crippen molar-refractivity contribution in [2.75, 3.05) is 13.1 Å². The van der Waals surface area contributed by atoms with Gasteiger partial charge < -0.3 is 15.0 Å². The minimum Gasteiger partial charge on any atom is -0.444 e. The third-order valence-electron chi connectivity index (χ3n) is 7.88. The first-order valence-electron chi connectivity index (χ1n) is 13.1. The van der Waals surface area contributed by atoms with Crippen molar-refractivity contribution in [1.29, 1.82) is 5.26 Å². The normalized spacial score (nSPS) is 28.3. The van der Waals surface area contributed by atoms with Crippen LogP contribution in [-0.2, 0) is 19.1 Å². The molecule has 9 heteroatoms. The van der Waals surface area contributed by atoms with Crippen LogP contribution in [0.15, 0.2) is 0 Å². The van der Waals surface area contributed by atoms with Gasteiger partial charge in [0.15, 0.2) is 0 Å². The molecule has 0 aromatic heterocycles. The zero-order valence-corrected chi connectivity index (χ0v) is 21.2. The lowest BCUT2D eigenvalue weighted by Crippen LogP contribution is -2.57. The van der Waals surface area contributed by atoms with Crippen molar-refractivity contribution in [2.24, 2.45) is 11.8 Å². The number of carbonyl (C=O) groups is 4. The van der Waals surface area contributed by atoms with Gasteiger partial charge in [0.1, 0.15) is 29.0 Å². The van der Waals surface area contributed by atoms with Gasteiger partial charge in [0.2, 0.25) is 11.8 Å². The molecule has 4 aliphatic rings. The van der Waals surface area contributed by atoms with Crippen LogP contribution >= 0.6 is 0 Å². The highest BCUT2D eigenvalue weighted by Crippen LogP contribution is 2.42. The van der Waals surface area contributed by atoms with Crippen molar-refractivity contribution in [3.8, 4) is 6.07 Å². The lowest BCUT2D eigenvalue weighted by atomic mass is 9.94. The van der Waals surface area contributed by atoms with Gasteiger partial charge in [0.25, 0.3) is 0 Å². The summed E-state index contributed by atoms with van der Waals surface area (Å²) in [5.74, 6) is -0.159. The molecule has 2 aliphatic heterocycles. The Balaban J connectivity index is 1.48. The van der Waals surface area contributed by atoms with Crippen molar-refractivity contribution < 1.29 is 23.9 Å². The summed E-state index contributed by atoms with van der Waals surface area (Å²) >= 11 is 0. The van der Waals surface area contributed by atoms with E-state index in [0.717, 1.165) is 25.7 Å². The fourth-order valence-electron chi connectivity index (χ4n) is 5.90. The molecular formula is C26H38N4O5. The minimum absolute atomic E-state index is 0.161. The van der Waals surface area contributed by atoms with Gasteiger partial charge in [-0.1, -0.05) is 12.8 Å². The predicted molar refractivity (Wildman–Crippen MR) is 127 cm³/mol. The van der Waals surface area contributed by atoms with Gasteiger partial charge in [-0.25, -0.2) is 4.79 Å². The summed E-state index contributed by atoms with van der Waals surface area (Å²) in [4.78, 5) is 55.4. The van der Waals surface area contributed by atoms with Crippen molar-refractivity contribution >= 4 is 23.7 Å². The zero-order chi connectivity index (χ0) is 25.4. The number of nitrogens with one attached hydrogen (secondary N) is 1. The summed E-state index contributed by atoms with van der Waals surface area (Å²) in [5.41, 5.74) is -1.63. The van der Waals surface area contributed by atoms with E-state index in [2.05, 4.69) is 11.4 Å². The van der Waals surface area contributed by atoms with E-state index in [1.807, 2.05) is 0 Å². The number of Topliss-reactive ketones (excluding diaryl/α,β-unsaturated/α-hetero) is 1. The molecule has 4 rings (SSSR count). The minimum atomic E-state index is -0.963. The van der Waals surface area contributed by atoms with Gasteiger partial charge in [0, 0.05) is 25.4 Å². The number of amides is 3. The molecule has 0 bridgehead atoms. The molecule has 2 saturated heterocycles. The van der Waals surface area contributed by atoms with E-state index in [1.165, 1.54) is 0 Å². The summed E-state index contributed by atoms with van der Waals surface area (Å²) in [6, 6.07) is 0.709. The van der Waals surface area contributed by atoms with Crippen LogP contribution in [0.1, 0.15) is 85.0 Å². The average Bonchev–Trinajstić information content (AvgIpc) is 3.21. The number of nitrogens with zero attached hydrogens (tertiary/aromatic N) is 3. The standard InChI is InChI=1S/C26H38N4O5/c1-25(2,3)35-24(34)30-12-5-10-26(30)11-13-29(23(26)33)20(14-17-8-9-17)22(32)28-19(16-27)15-18-6-4-7-21(18)31/h17-20H,4-15H2,1-3H3,(H,28,32)/t18-,19-,20?,26?/m0/s1. The molecule has 35 heavy (non-hydrogen) atoms. The largest absolute Gasteiger partial charge is 0.444 e. The topological polar surface area (TPSA) is 120 Å². The highest BCUT2D eigenvalue weighted by atomic mass is 16.6. The highest BCUT2D eigenvalue weighted by molar-refractivity contribution is 5.96. The van der Waals surface area contributed by atoms with E-state index >= 15 is 0 Å². The Labute approximate surface area is 207 Å². The van der Waals surface area contributed by atoms with Crippen LogP contribution in [0.3, 0.4) is 0 Å². The smallest absolute Gasteiger partial charge is 0.411 e. The van der Waals surface area contributed by atoms with Crippen LogP contribution in [-0.4, -0.2) is 69.8 Å². The second kappa shape index (κ2) is 9.79.